The summed E-state index contributed by atoms with van der Waals surface area (Å²) >= 11 is 0. The molecule has 23 heavy (non-hydrogen) atoms. The van der Waals surface area contributed by atoms with Crippen LogP contribution in [0.25, 0.3) is 11.0 Å². The molecular weight excluding hydrogens is 316 g/mol. The smallest absolute Gasteiger partial charge is 0.322 e. The molecule has 1 atom stereocenters. The summed E-state index contributed by atoms with van der Waals surface area (Å²) in [5.74, 6) is 0.0115. The first-order chi connectivity index (χ1) is 10.9. The minimum atomic E-state index is -3.12. The Bertz CT molecular complexity index is 812. The number of benzene rings is 1. The number of hydrogen-bond acceptors (Lipinski definition) is 4. The predicted octanol–water partition coefficient (Wildman–Crippen LogP) is 2.86. The van der Waals surface area contributed by atoms with E-state index < -0.39 is 9.84 Å². The summed E-state index contributed by atoms with van der Waals surface area (Å²) in [6.07, 6.45) is 5.37. The molecule has 7 heteroatoms. The van der Waals surface area contributed by atoms with Crippen LogP contribution in [-0.4, -0.2) is 43.9 Å². The van der Waals surface area contributed by atoms with Gasteiger partial charge in [-0.25, -0.2) is 13.2 Å². The second kappa shape index (κ2) is 6.23. The van der Waals surface area contributed by atoms with E-state index in [1.54, 1.807) is 17.2 Å². The number of likely N-dealkylation sites (tertiary alicyclic amines) is 1. The minimum Gasteiger partial charge on any atom is -0.464 e. The number of carbonyl (C=O) groups is 1. The Morgan fingerprint density at radius 3 is 2.96 bits per heavy atom. The van der Waals surface area contributed by atoms with Crippen molar-refractivity contribution in [3.63, 3.8) is 0 Å². The van der Waals surface area contributed by atoms with Gasteiger partial charge < -0.3 is 14.6 Å². The fourth-order valence-corrected chi connectivity index (χ4v) is 4.06. The van der Waals surface area contributed by atoms with E-state index in [4.69, 9.17) is 4.42 Å². The molecule has 1 fully saturated rings. The summed E-state index contributed by atoms with van der Waals surface area (Å²) in [5.41, 5.74) is 1.34. The monoisotopic (exact) mass is 336 g/mol. The molecule has 1 saturated heterocycles. The lowest BCUT2D eigenvalue weighted by atomic mass is 10.0. The summed E-state index contributed by atoms with van der Waals surface area (Å²) < 4.78 is 28.5. The lowest BCUT2D eigenvalue weighted by Gasteiger charge is -2.35. The highest BCUT2D eigenvalue weighted by molar-refractivity contribution is 7.90. The van der Waals surface area contributed by atoms with Crippen molar-refractivity contribution in [1.29, 1.82) is 0 Å². The van der Waals surface area contributed by atoms with Crippen molar-refractivity contribution in [2.75, 3.05) is 23.9 Å². The summed E-state index contributed by atoms with van der Waals surface area (Å²) in [7, 11) is -3.12. The number of rotatable bonds is 3. The van der Waals surface area contributed by atoms with Gasteiger partial charge in [0.1, 0.15) is 15.4 Å². The third-order valence-electron chi connectivity index (χ3n) is 4.09. The highest BCUT2D eigenvalue weighted by Gasteiger charge is 2.29. The molecule has 1 N–H and O–H groups in total. The molecular formula is C16H20N2O4S. The molecule has 2 amide bonds. The molecule has 3 rings (SSSR count). The Kier molecular flexibility index (Phi) is 4.30. The number of nitrogens with zero attached hydrogens (tertiary/aromatic N) is 1. The van der Waals surface area contributed by atoms with E-state index in [9.17, 15) is 13.2 Å². The zero-order valence-electron chi connectivity index (χ0n) is 13.0. The average molecular weight is 336 g/mol. The Balaban J connectivity index is 1.74. The molecule has 2 aromatic rings. The first kappa shape index (κ1) is 15.9. The van der Waals surface area contributed by atoms with Gasteiger partial charge in [-0.15, -0.1) is 0 Å². The van der Waals surface area contributed by atoms with E-state index in [2.05, 4.69) is 5.32 Å². The Morgan fingerprint density at radius 1 is 1.35 bits per heavy atom. The fourth-order valence-electron chi connectivity index (χ4n) is 3.02. The van der Waals surface area contributed by atoms with Crippen molar-refractivity contribution in [1.82, 2.24) is 4.90 Å². The van der Waals surface area contributed by atoms with Gasteiger partial charge >= 0.3 is 6.03 Å². The molecule has 1 aromatic carbocycles. The third kappa shape index (κ3) is 3.85. The molecule has 1 aromatic heterocycles. The number of piperidine rings is 1. The van der Waals surface area contributed by atoms with Crippen LogP contribution in [0.2, 0.25) is 0 Å². The third-order valence-corrected chi connectivity index (χ3v) is 5.08. The van der Waals surface area contributed by atoms with Crippen molar-refractivity contribution >= 4 is 32.5 Å². The van der Waals surface area contributed by atoms with Crippen LogP contribution in [0.3, 0.4) is 0 Å². The van der Waals surface area contributed by atoms with E-state index in [0.29, 0.717) is 17.8 Å². The number of fused-ring (bicyclic) bond motifs is 1. The fraction of sp³-hybridized carbons (Fsp3) is 0.438. The number of urea groups is 1. The van der Waals surface area contributed by atoms with Gasteiger partial charge in [-0.1, -0.05) is 0 Å². The predicted molar refractivity (Wildman–Crippen MR) is 89.3 cm³/mol. The van der Waals surface area contributed by atoms with Gasteiger partial charge in [-0.05, 0) is 37.5 Å². The maximum atomic E-state index is 12.5. The summed E-state index contributed by atoms with van der Waals surface area (Å²) in [5, 5.41) is 3.81. The van der Waals surface area contributed by atoms with Gasteiger partial charge in [0.15, 0.2) is 0 Å². The molecule has 0 aliphatic carbocycles. The maximum Gasteiger partial charge on any atom is 0.322 e. The number of sulfone groups is 1. The zero-order chi connectivity index (χ0) is 16.4. The lowest BCUT2D eigenvalue weighted by molar-refractivity contribution is 0.171. The standard InChI is InChI=1S/C16H20N2O4S/c1-23(20,21)11-14-4-2-3-8-18(14)16(19)17-13-6-5-12-7-9-22-15(12)10-13/h5-7,9-10,14H,2-4,8,11H2,1H3,(H,17,19)/t14-/m0/s1. The maximum absolute atomic E-state index is 12.5. The second-order valence-corrected chi connectivity index (χ2v) is 8.22. The topological polar surface area (TPSA) is 79.6 Å². The molecule has 0 bridgehead atoms. The molecule has 6 nitrogen and oxygen atoms in total. The summed E-state index contributed by atoms with van der Waals surface area (Å²) in [6, 6.07) is 6.79. The van der Waals surface area contributed by atoms with Crippen molar-refractivity contribution in [3.8, 4) is 0 Å². The summed E-state index contributed by atoms with van der Waals surface area (Å²) in [6.45, 7) is 0.578. The molecule has 124 valence electrons. The molecule has 1 aliphatic heterocycles. The van der Waals surface area contributed by atoms with Gasteiger partial charge in [0.2, 0.25) is 0 Å². The number of amides is 2. The largest absolute Gasteiger partial charge is 0.464 e. The van der Waals surface area contributed by atoms with Crippen molar-refractivity contribution in [3.05, 3.63) is 30.5 Å². The normalized spacial score (nSPS) is 19.0. The van der Waals surface area contributed by atoms with Gasteiger partial charge in [-0.3, -0.25) is 0 Å². The van der Waals surface area contributed by atoms with Gasteiger partial charge in [0.25, 0.3) is 0 Å². The van der Waals surface area contributed by atoms with Gasteiger partial charge in [-0.2, -0.15) is 0 Å². The van der Waals surface area contributed by atoms with Crippen molar-refractivity contribution in [2.24, 2.45) is 0 Å². The van der Waals surface area contributed by atoms with Crippen LogP contribution in [-0.2, 0) is 9.84 Å². The molecule has 0 radical (unpaired) electrons. The number of hydrogen-bond donors (Lipinski definition) is 1. The highest BCUT2D eigenvalue weighted by atomic mass is 32.2. The first-order valence-corrected chi connectivity index (χ1v) is 9.71. The van der Waals surface area contributed by atoms with Crippen LogP contribution in [0.15, 0.2) is 34.9 Å². The Morgan fingerprint density at radius 2 is 2.17 bits per heavy atom. The zero-order valence-corrected chi connectivity index (χ0v) is 13.8. The van der Waals surface area contributed by atoms with E-state index in [1.165, 1.54) is 6.26 Å². The van der Waals surface area contributed by atoms with E-state index in [-0.39, 0.29) is 17.8 Å². The van der Waals surface area contributed by atoms with Crippen LogP contribution in [0.4, 0.5) is 10.5 Å². The minimum absolute atomic E-state index is 0.0115. The number of anilines is 1. The highest BCUT2D eigenvalue weighted by Crippen LogP contribution is 2.23. The summed E-state index contributed by atoms with van der Waals surface area (Å²) in [4.78, 5) is 14.2. The lowest BCUT2D eigenvalue weighted by Crippen LogP contribution is -2.48. The van der Waals surface area contributed by atoms with E-state index >= 15 is 0 Å². The van der Waals surface area contributed by atoms with Crippen LogP contribution < -0.4 is 5.32 Å². The van der Waals surface area contributed by atoms with Crippen LogP contribution in [0, 0.1) is 0 Å². The SMILES string of the molecule is CS(=O)(=O)C[C@@H]1CCCCN1C(=O)Nc1ccc2ccoc2c1. The van der Waals surface area contributed by atoms with Crippen molar-refractivity contribution < 1.29 is 17.6 Å². The van der Waals surface area contributed by atoms with Crippen LogP contribution >= 0.6 is 0 Å². The number of furan rings is 1. The van der Waals surface area contributed by atoms with E-state index in [0.717, 1.165) is 24.6 Å². The number of carbonyl (C=O) groups excluding carboxylic acids is 1. The molecule has 2 heterocycles. The second-order valence-electron chi connectivity index (χ2n) is 6.04. The van der Waals surface area contributed by atoms with E-state index in [1.807, 2.05) is 18.2 Å². The van der Waals surface area contributed by atoms with Gasteiger partial charge in [0.05, 0.1) is 12.0 Å². The van der Waals surface area contributed by atoms with Gasteiger partial charge in [0, 0.05) is 36.0 Å². The quantitative estimate of drug-likeness (QED) is 0.934. The van der Waals surface area contributed by atoms with Crippen LogP contribution in [0.5, 0.6) is 0 Å². The van der Waals surface area contributed by atoms with Crippen molar-refractivity contribution in [2.45, 2.75) is 25.3 Å². The molecule has 0 spiro atoms. The molecule has 0 unspecified atom stereocenters. The Labute approximate surface area is 135 Å². The molecule has 0 saturated carbocycles. The molecule has 1 aliphatic rings. The Hall–Kier alpha value is -2.02. The average Bonchev–Trinajstić information content (AvgIpc) is 2.93. The first-order valence-electron chi connectivity index (χ1n) is 7.65. The van der Waals surface area contributed by atoms with Crippen LogP contribution in [0.1, 0.15) is 19.3 Å². The number of nitrogens with one attached hydrogen (secondary N) is 1.